The largest absolute Gasteiger partial charge is 0.336 e. The Kier molecular flexibility index (Phi) is 1.77. The van der Waals surface area contributed by atoms with Crippen molar-refractivity contribution in [3.05, 3.63) is 41.1 Å². The van der Waals surface area contributed by atoms with E-state index in [2.05, 4.69) is 9.97 Å². The number of aryl methyl sites for hydroxylation is 1. The van der Waals surface area contributed by atoms with Crippen LogP contribution in [0.2, 0.25) is 0 Å². The Bertz CT molecular complexity index is 450. The fourth-order valence-corrected chi connectivity index (χ4v) is 1.19. The number of aromatic amines is 1. The van der Waals surface area contributed by atoms with Crippen LogP contribution in [0.3, 0.4) is 0 Å². The molecule has 2 aromatic heterocycles. The highest BCUT2D eigenvalue weighted by atomic mass is 16.1. The summed E-state index contributed by atoms with van der Waals surface area (Å²) in [7, 11) is 1.90. The van der Waals surface area contributed by atoms with E-state index in [1.54, 1.807) is 29.5 Å². The summed E-state index contributed by atoms with van der Waals surface area (Å²) in [5.41, 5.74) is 0.905. The maximum Gasteiger partial charge on any atom is 0.325 e. The smallest absolute Gasteiger partial charge is 0.325 e. The van der Waals surface area contributed by atoms with Gasteiger partial charge in [-0.25, -0.2) is 9.78 Å². The molecule has 0 atom stereocenters. The highest BCUT2D eigenvalue weighted by Crippen LogP contribution is 1.97. The van der Waals surface area contributed by atoms with Crippen LogP contribution in [0.4, 0.5) is 0 Å². The molecule has 0 spiro atoms. The molecule has 0 aromatic carbocycles. The van der Waals surface area contributed by atoms with Crippen LogP contribution in [0.5, 0.6) is 0 Å². The molecule has 0 amide bonds. The van der Waals surface area contributed by atoms with Gasteiger partial charge in [0.25, 0.3) is 0 Å². The van der Waals surface area contributed by atoms with Gasteiger partial charge < -0.3 is 9.55 Å². The van der Waals surface area contributed by atoms with Crippen molar-refractivity contribution in [3.63, 3.8) is 0 Å². The van der Waals surface area contributed by atoms with Gasteiger partial charge in [0.2, 0.25) is 0 Å². The summed E-state index contributed by atoms with van der Waals surface area (Å²) in [6, 6.07) is 0. The maximum atomic E-state index is 11.1. The second-order valence-electron chi connectivity index (χ2n) is 2.89. The van der Waals surface area contributed by atoms with E-state index < -0.39 is 0 Å². The second kappa shape index (κ2) is 2.93. The summed E-state index contributed by atoms with van der Waals surface area (Å²) in [6.45, 7) is 0.554. The number of nitrogens with one attached hydrogen (secondary N) is 1. The van der Waals surface area contributed by atoms with Crippen molar-refractivity contribution in [2.24, 2.45) is 7.05 Å². The van der Waals surface area contributed by atoms with Gasteiger partial charge in [0.1, 0.15) is 0 Å². The van der Waals surface area contributed by atoms with Gasteiger partial charge in [-0.2, -0.15) is 0 Å². The van der Waals surface area contributed by atoms with Gasteiger partial charge >= 0.3 is 5.69 Å². The highest BCUT2D eigenvalue weighted by molar-refractivity contribution is 4.98. The van der Waals surface area contributed by atoms with Gasteiger partial charge in [-0.1, -0.05) is 0 Å². The topological polar surface area (TPSA) is 55.6 Å². The Morgan fingerprint density at radius 2 is 2.46 bits per heavy atom. The van der Waals surface area contributed by atoms with Gasteiger partial charge in [-0.15, -0.1) is 0 Å². The molecule has 0 saturated carbocycles. The molecule has 0 saturated heterocycles. The van der Waals surface area contributed by atoms with E-state index in [1.165, 1.54) is 0 Å². The predicted octanol–water partition coefficient (Wildman–Crippen LogP) is -0.0418. The number of hydrogen-bond donors (Lipinski definition) is 1. The average Bonchev–Trinajstić information content (AvgIpc) is 2.65. The summed E-state index contributed by atoms with van der Waals surface area (Å²) in [5, 5.41) is 0. The van der Waals surface area contributed by atoms with Crippen molar-refractivity contribution in [2.75, 3.05) is 0 Å². The molecule has 2 heterocycles. The monoisotopic (exact) mass is 178 g/mol. The Hall–Kier alpha value is -1.78. The fourth-order valence-electron chi connectivity index (χ4n) is 1.19. The molecule has 0 unspecified atom stereocenters. The molecular formula is C8H10N4O. The maximum absolute atomic E-state index is 11.1. The molecule has 0 radical (unpaired) electrons. The summed E-state index contributed by atoms with van der Waals surface area (Å²) < 4.78 is 3.48. The quantitative estimate of drug-likeness (QED) is 0.701. The number of aromatic nitrogens is 4. The second-order valence-corrected chi connectivity index (χ2v) is 2.89. The number of hydrogen-bond acceptors (Lipinski definition) is 2. The lowest BCUT2D eigenvalue weighted by Crippen LogP contribution is -2.17. The molecule has 2 aromatic rings. The van der Waals surface area contributed by atoms with Crippen molar-refractivity contribution in [1.29, 1.82) is 0 Å². The molecule has 68 valence electrons. The van der Waals surface area contributed by atoms with Gasteiger partial charge in [0.15, 0.2) is 0 Å². The van der Waals surface area contributed by atoms with E-state index in [4.69, 9.17) is 0 Å². The number of H-pyrrole nitrogens is 1. The van der Waals surface area contributed by atoms with Crippen LogP contribution in [0.1, 0.15) is 5.69 Å². The third kappa shape index (κ3) is 1.40. The lowest BCUT2D eigenvalue weighted by Gasteiger charge is -2.01. The molecular weight excluding hydrogens is 168 g/mol. The van der Waals surface area contributed by atoms with Crippen LogP contribution in [-0.2, 0) is 13.6 Å². The summed E-state index contributed by atoms with van der Waals surface area (Å²) in [6.07, 6.45) is 6.81. The Labute approximate surface area is 74.7 Å². The van der Waals surface area contributed by atoms with Gasteiger partial charge in [-0.3, -0.25) is 4.57 Å². The first-order valence-electron chi connectivity index (χ1n) is 3.96. The summed E-state index contributed by atoms with van der Waals surface area (Å²) in [5.74, 6) is 0. The van der Waals surface area contributed by atoms with E-state index in [0.717, 1.165) is 5.69 Å². The van der Waals surface area contributed by atoms with Crippen molar-refractivity contribution >= 4 is 0 Å². The molecule has 0 aliphatic rings. The number of imidazole rings is 2. The van der Waals surface area contributed by atoms with Gasteiger partial charge in [0, 0.05) is 25.6 Å². The molecule has 5 heteroatoms. The van der Waals surface area contributed by atoms with E-state index in [0.29, 0.717) is 6.54 Å². The highest BCUT2D eigenvalue weighted by Gasteiger charge is 2.00. The van der Waals surface area contributed by atoms with Gasteiger partial charge in [0.05, 0.1) is 18.6 Å². The van der Waals surface area contributed by atoms with Crippen LogP contribution >= 0.6 is 0 Å². The molecule has 0 aliphatic heterocycles. The van der Waals surface area contributed by atoms with Crippen molar-refractivity contribution < 1.29 is 0 Å². The van der Waals surface area contributed by atoms with E-state index in [-0.39, 0.29) is 5.69 Å². The summed E-state index contributed by atoms with van der Waals surface area (Å²) >= 11 is 0. The SMILES string of the molecule is Cn1cncc1Cn1cc[nH]c1=O. The first kappa shape index (κ1) is 7.85. The average molecular weight is 178 g/mol. The minimum atomic E-state index is -0.0961. The summed E-state index contributed by atoms with van der Waals surface area (Å²) in [4.78, 5) is 17.7. The fraction of sp³-hybridized carbons (Fsp3) is 0.250. The van der Waals surface area contributed by atoms with E-state index >= 15 is 0 Å². The van der Waals surface area contributed by atoms with E-state index in [1.807, 2.05) is 11.6 Å². The zero-order chi connectivity index (χ0) is 9.26. The molecule has 13 heavy (non-hydrogen) atoms. The van der Waals surface area contributed by atoms with Crippen LogP contribution in [0.25, 0.3) is 0 Å². The first-order chi connectivity index (χ1) is 6.27. The van der Waals surface area contributed by atoms with Crippen molar-refractivity contribution in [2.45, 2.75) is 6.54 Å². The Morgan fingerprint density at radius 1 is 1.62 bits per heavy atom. The Morgan fingerprint density at radius 3 is 3.00 bits per heavy atom. The molecule has 1 N–H and O–H groups in total. The first-order valence-corrected chi connectivity index (χ1v) is 3.96. The standard InChI is InChI=1S/C8H10N4O/c1-11-6-9-4-7(11)5-12-3-2-10-8(12)13/h2-4,6H,5H2,1H3,(H,10,13). The molecule has 0 aliphatic carbocycles. The predicted molar refractivity (Wildman–Crippen MR) is 47.4 cm³/mol. The van der Waals surface area contributed by atoms with Crippen LogP contribution in [-0.4, -0.2) is 19.1 Å². The normalized spacial score (nSPS) is 10.5. The zero-order valence-electron chi connectivity index (χ0n) is 7.27. The minimum Gasteiger partial charge on any atom is -0.336 e. The third-order valence-electron chi connectivity index (χ3n) is 1.97. The minimum absolute atomic E-state index is 0.0961. The lowest BCUT2D eigenvalue weighted by atomic mass is 10.4. The third-order valence-corrected chi connectivity index (χ3v) is 1.97. The molecule has 2 rings (SSSR count). The number of rotatable bonds is 2. The molecule has 5 nitrogen and oxygen atoms in total. The lowest BCUT2D eigenvalue weighted by molar-refractivity contribution is 0.702. The zero-order valence-corrected chi connectivity index (χ0v) is 7.27. The molecule has 0 bridgehead atoms. The van der Waals surface area contributed by atoms with Gasteiger partial charge in [-0.05, 0) is 0 Å². The Balaban J connectivity index is 2.29. The van der Waals surface area contributed by atoms with Crippen LogP contribution in [0.15, 0.2) is 29.7 Å². The van der Waals surface area contributed by atoms with Crippen molar-refractivity contribution in [1.82, 2.24) is 19.1 Å². The van der Waals surface area contributed by atoms with Crippen LogP contribution in [0, 0.1) is 0 Å². The van der Waals surface area contributed by atoms with E-state index in [9.17, 15) is 4.79 Å². The van der Waals surface area contributed by atoms with Crippen molar-refractivity contribution in [3.8, 4) is 0 Å². The molecule has 0 fully saturated rings. The van der Waals surface area contributed by atoms with Crippen LogP contribution < -0.4 is 5.69 Å². The number of nitrogens with zero attached hydrogens (tertiary/aromatic N) is 3.